The zero-order chi connectivity index (χ0) is 22.1. The molecule has 1 amide bonds. The first-order valence-corrected chi connectivity index (χ1v) is 8.53. The van der Waals surface area contributed by atoms with Gasteiger partial charge in [-0.1, -0.05) is 24.3 Å². The largest absolute Gasteiger partial charge is 0.483 e. The minimum absolute atomic E-state index is 0.0702. The van der Waals surface area contributed by atoms with E-state index in [0.717, 1.165) is 16.8 Å². The molecule has 1 heterocycles. The third kappa shape index (κ3) is 4.48. The van der Waals surface area contributed by atoms with Crippen LogP contribution in [0.4, 0.5) is 17.6 Å². The molecule has 30 heavy (non-hydrogen) atoms. The van der Waals surface area contributed by atoms with Crippen LogP contribution in [0.15, 0.2) is 53.5 Å². The van der Waals surface area contributed by atoms with E-state index in [0.29, 0.717) is 0 Å². The lowest BCUT2D eigenvalue weighted by Gasteiger charge is -2.14. The number of hydrogen-bond donors (Lipinski definition) is 1. The summed E-state index contributed by atoms with van der Waals surface area (Å²) in [5.74, 6) is -1.79. The zero-order valence-electron chi connectivity index (χ0n) is 15.5. The van der Waals surface area contributed by atoms with Crippen molar-refractivity contribution in [2.75, 3.05) is 6.61 Å². The minimum atomic E-state index is -4.54. The molecule has 0 aliphatic heterocycles. The molecule has 0 radical (unpaired) electrons. The number of alkyl halides is 3. The van der Waals surface area contributed by atoms with Crippen LogP contribution < -0.4 is 16.0 Å². The van der Waals surface area contributed by atoms with Gasteiger partial charge in [0.25, 0.3) is 11.5 Å². The number of rotatable bonds is 5. The molecule has 0 fully saturated rings. The Morgan fingerprint density at radius 2 is 1.87 bits per heavy atom. The predicted octanol–water partition coefficient (Wildman–Crippen LogP) is 3.29. The third-order valence-corrected chi connectivity index (χ3v) is 4.13. The molecule has 0 aliphatic carbocycles. The molecule has 0 spiro atoms. The second kappa shape index (κ2) is 7.97. The van der Waals surface area contributed by atoms with Crippen molar-refractivity contribution in [2.45, 2.75) is 6.18 Å². The Hall–Kier alpha value is -3.69. The number of hydrogen-bond acceptors (Lipinski definition) is 4. The van der Waals surface area contributed by atoms with Gasteiger partial charge < -0.3 is 15.0 Å². The monoisotopic (exact) mass is 421 g/mol. The van der Waals surface area contributed by atoms with Gasteiger partial charge in [0.2, 0.25) is 0 Å². The quantitative estimate of drug-likeness (QED) is 0.641. The highest BCUT2D eigenvalue weighted by Crippen LogP contribution is 2.33. The number of aryl methyl sites for hydroxylation is 1. The smallest absolute Gasteiger partial charge is 0.422 e. The van der Waals surface area contributed by atoms with Gasteiger partial charge in [0.15, 0.2) is 6.61 Å². The molecule has 0 bridgehead atoms. The van der Waals surface area contributed by atoms with Gasteiger partial charge in [-0.3, -0.25) is 9.59 Å². The lowest BCUT2D eigenvalue weighted by atomic mass is 10.0. The minimum Gasteiger partial charge on any atom is -0.483 e. The fraction of sp³-hybridized carbons (Fsp3) is 0.150. The molecule has 10 heteroatoms. The van der Waals surface area contributed by atoms with Gasteiger partial charge in [-0.05, 0) is 23.8 Å². The van der Waals surface area contributed by atoms with Crippen molar-refractivity contribution in [2.24, 2.45) is 12.8 Å². The Morgan fingerprint density at radius 1 is 1.17 bits per heavy atom. The Labute approximate surface area is 167 Å². The van der Waals surface area contributed by atoms with Crippen molar-refractivity contribution in [3.8, 4) is 28.1 Å². The Morgan fingerprint density at radius 3 is 2.53 bits per heavy atom. The van der Waals surface area contributed by atoms with Crippen molar-refractivity contribution in [1.29, 1.82) is 0 Å². The molecule has 0 aliphatic rings. The van der Waals surface area contributed by atoms with Crippen molar-refractivity contribution in [3.05, 3.63) is 70.5 Å². The number of nitrogens with zero attached hydrogens (tertiary/aromatic N) is 2. The van der Waals surface area contributed by atoms with E-state index < -0.39 is 30.1 Å². The van der Waals surface area contributed by atoms with E-state index >= 15 is 0 Å². The SMILES string of the molecule is Cn1cc(C(N)=O)nc(-c2cc(-c3ccccc3OCC(F)(F)F)ccc2F)c1=O. The average Bonchev–Trinajstić information content (AvgIpc) is 2.68. The predicted molar refractivity (Wildman–Crippen MR) is 100 cm³/mol. The van der Waals surface area contributed by atoms with Crippen LogP contribution in [0.25, 0.3) is 22.4 Å². The van der Waals surface area contributed by atoms with Crippen LogP contribution in [0.3, 0.4) is 0 Å². The van der Waals surface area contributed by atoms with Gasteiger partial charge in [-0.2, -0.15) is 13.2 Å². The van der Waals surface area contributed by atoms with Gasteiger partial charge in [0, 0.05) is 24.4 Å². The molecule has 2 N–H and O–H groups in total. The number of benzene rings is 2. The summed E-state index contributed by atoms with van der Waals surface area (Å²) in [4.78, 5) is 27.8. The topological polar surface area (TPSA) is 87.2 Å². The Balaban J connectivity index is 2.13. The number of aromatic nitrogens is 2. The summed E-state index contributed by atoms with van der Waals surface area (Å²) < 4.78 is 58.1. The fourth-order valence-electron chi connectivity index (χ4n) is 2.77. The van der Waals surface area contributed by atoms with Gasteiger partial charge in [-0.25, -0.2) is 9.37 Å². The van der Waals surface area contributed by atoms with E-state index in [-0.39, 0.29) is 33.8 Å². The van der Waals surface area contributed by atoms with E-state index in [1.54, 1.807) is 6.07 Å². The molecule has 1 aromatic heterocycles. The summed E-state index contributed by atoms with van der Waals surface area (Å²) in [6.45, 7) is -1.50. The molecule has 0 saturated heterocycles. The van der Waals surface area contributed by atoms with Crippen molar-refractivity contribution in [3.63, 3.8) is 0 Å². The van der Waals surface area contributed by atoms with Crippen LogP contribution in [0.5, 0.6) is 5.75 Å². The number of carbonyl (C=O) groups is 1. The van der Waals surface area contributed by atoms with E-state index in [1.807, 2.05) is 0 Å². The van der Waals surface area contributed by atoms with Crippen LogP contribution in [0, 0.1) is 5.82 Å². The molecule has 3 rings (SSSR count). The third-order valence-electron chi connectivity index (χ3n) is 4.13. The number of carbonyl (C=O) groups excluding carboxylic acids is 1. The highest BCUT2D eigenvalue weighted by Gasteiger charge is 2.29. The van der Waals surface area contributed by atoms with Crippen molar-refractivity contribution >= 4 is 5.91 Å². The van der Waals surface area contributed by atoms with E-state index in [1.165, 1.54) is 37.4 Å². The van der Waals surface area contributed by atoms with Gasteiger partial charge in [-0.15, -0.1) is 0 Å². The summed E-state index contributed by atoms with van der Waals surface area (Å²) in [7, 11) is 1.35. The van der Waals surface area contributed by atoms with Gasteiger partial charge >= 0.3 is 6.18 Å². The van der Waals surface area contributed by atoms with Gasteiger partial charge in [0.1, 0.15) is 23.0 Å². The zero-order valence-corrected chi connectivity index (χ0v) is 15.5. The van der Waals surface area contributed by atoms with E-state index in [2.05, 4.69) is 4.98 Å². The second-order valence-electron chi connectivity index (χ2n) is 6.35. The van der Waals surface area contributed by atoms with E-state index in [9.17, 15) is 27.2 Å². The number of halogens is 4. The maximum absolute atomic E-state index is 14.5. The van der Waals surface area contributed by atoms with Crippen molar-refractivity contribution < 1.29 is 27.1 Å². The van der Waals surface area contributed by atoms with Crippen LogP contribution >= 0.6 is 0 Å². The molecular formula is C20H15F4N3O3. The lowest BCUT2D eigenvalue weighted by Crippen LogP contribution is -2.25. The first-order chi connectivity index (χ1) is 14.1. The molecule has 0 unspecified atom stereocenters. The van der Waals surface area contributed by atoms with Crippen LogP contribution in [0.2, 0.25) is 0 Å². The van der Waals surface area contributed by atoms with E-state index in [4.69, 9.17) is 10.5 Å². The second-order valence-corrected chi connectivity index (χ2v) is 6.35. The summed E-state index contributed by atoms with van der Waals surface area (Å²) in [6.07, 6.45) is -3.41. The standard InChI is InChI=1S/C20H15F4N3O3/c1-27-9-15(18(25)28)26-17(19(27)29)13-8-11(6-7-14(13)21)12-4-2-3-5-16(12)30-10-20(22,23)24/h2-9H,10H2,1H3,(H2,25,28). The summed E-state index contributed by atoms with van der Waals surface area (Å²) in [6, 6.07) is 9.53. The van der Waals surface area contributed by atoms with Crippen LogP contribution in [-0.2, 0) is 7.05 Å². The summed E-state index contributed by atoms with van der Waals surface area (Å²) >= 11 is 0. The molecule has 6 nitrogen and oxygen atoms in total. The maximum atomic E-state index is 14.5. The average molecular weight is 421 g/mol. The summed E-state index contributed by atoms with van der Waals surface area (Å²) in [5.41, 5.74) is 4.23. The first kappa shape index (κ1) is 21.0. The maximum Gasteiger partial charge on any atom is 0.422 e. The number of primary amides is 1. The number of nitrogens with two attached hydrogens (primary N) is 1. The summed E-state index contributed by atoms with van der Waals surface area (Å²) in [5, 5.41) is 0. The number of para-hydroxylation sites is 1. The normalized spacial score (nSPS) is 11.4. The highest BCUT2D eigenvalue weighted by molar-refractivity contribution is 5.91. The number of ether oxygens (including phenoxy) is 1. The molecule has 2 aromatic carbocycles. The van der Waals surface area contributed by atoms with Crippen molar-refractivity contribution in [1.82, 2.24) is 9.55 Å². The first-order valence-electron chi connectivity index (χ1n) is 8.53. The molecule has 156 valence electrons. The number of amides is 1. The molecule has 0 saturated carbocycles. The lowest BCUT2D eigenvalue weighted by molar-refractivity contribution is -0.153. The Kier molecular flexibility index (Phi) is 5.59. The molecule has 0 atom stereocenters. The van der Waals surface area contributed by atoms with Gasteiger partial charge in [0.05, 0.1) is 0 Å². The Bertz CT molecular complexity index is 1170. The van der Waals surface area contributed by atoms with Crippen LogP contribution in [-0.4, -0.2) is 28.2 Å². The highest BCUT2D eigenvalue weighted by atomic mass is 19.4. The molecular weight excluding hydrogens is 406 g/mol. The fourth-order valence-corrected chi connectivity index (χ4v) is 2.77. The van der Waals surface area contributed by atoms with Crippen LogP contribution in [0.1, 0.15) is 10.5 Å². The molecule has 3 aromatic rings.